The average molecular weight is 148 g/mol. The van der Waals surface area contributed by atoms with Crippen molar-refractivity contribution in [3.63, 3.8) is 0 Å². The number of halogens is 1. The molecule has 3 N–H and O–H groups in total. The van der Waals surface area contributed by atoms with Crippen LogP contribution in [0.1, 0.15) is 18.5 Å². The van der Waals surface area contributed by atoms with Gasteiger partial charge in [-0.05, 0) is 6.92 Å². The molecule has 0 spiro atoms. The van der Waals surface area contributed by atoms with Crippen LogP contribution in [0, 0.1) is 0 Å². The molecule has 0 aliphatic heterocycles. The summed E-state index contributed by atoms with van der Waals surface area (Å²) in [6.07, 6.45) is 3.52. The van der Waals surface area contributed by atoms with Crippen LogP contribution in [0.5, 0.6) is 0 Å². The summed E-state index contributed by atoms with van der Waals surface area (Å²) >= 11 is 0. The zero-order valence-corrected chi connectivity index (χ0v) is 5.98. The fourth-order valence-corrected chi connectivity index (χ4v) is 0.510. The van der Waals surface area contributed by atoms with E-state index in [0.717, 1.165) is 5.56 Å². The molecule has 0 amide bonds. The van der Waals surface area contributed by atoms with Crippen LogP contribution in [-0.4, -0.2) is 10.2 Å². The summed E-state index contributed by atoms with van der Waals surface area (Å²) in [5.41, 5.74) is 6.54. The van der Waals surface area contributed by atoms with E-state index in [0.29, 0.717) is 0 Å². The van der Waals surface area contributed by atoms with E-state index < -0.39 is 0 Å². The highest BCUT2D eigenvalue weighted by Gasteiger charge is 1.96. The molecule has 0 aromatic carbocycles. The van der Waals surface area contributed by atoms with Gasteiger partial charge < -0.3 is 5.73 Å². The fraction of sp³-hybridized carbons (Fsp3) is 0.400. The van der Waals surface area contributed by atoms with E-state index in [1.165, 1.54) is 0 Å². The summed E-state index contributed by atoms with van der Waals surface area (Å²) in [4.78, 5) is 0. The molecule has 1 atom stereocenters. The average Bonchev–Trinajstić information content (AvgIpc) is 2.12. The molecular weight excluding hydrogens is 138 g/mol. The second-order valence-corrected chi connectivity index (χ2v) is 1.82. The van der Waals surface area contributed by atoms with Gasteiger partial charge in [-0.2, -0.15) is 5.10 Å². The molecule has 0 saturated carbocycles. The topological polar surface area (TPSA) is 54.7 Å². The first kappa shape index (κ1) is 8.46. The summed E-state index contributed by atoms with van der Waals surface area (Å²) in [5, 5.41) is 6.42. The van der Waals surface area contributed by atoms with Gasteiger partial charge in [-0.15, -0.1) is 12.4 Å². The Labute approximate surface area is 60.1 Å². The van der Waals surface area contributed by atoms with Gasteiger partial charge in [0.1, 0.15) is 0 Å². The lowest BCUT2D eigenvalue weighted by Crippen LogP contribution is -2.02. The first-order valence-electron chi connectivity index (χ1n) is 2.55. The zero-order valence-electron chi connectivity index (χ0n) is 5.16. The number of H-pyrrole nitrogens is 1. The lowest BCUT2D eigenvalue weighted by atomic mass is 10.2. The van der Waals surface area contributed by atoms with Gasteiger partial charge in [0.25, 0.3) is 0 Å². The quantitative estimate of drug-likeness (QED) is 0.619. The van der Waals surface area contributed by atoms with E-state index in [2.05, 4.69) is 10.2 Å². The maximum Gasteiger partial charge on any atom is 0.0534 e. The second-order valence-electron chi connectivity index (χ2n) is 1.82. The lowest BCUT2D eigenvalue weighted by molar-refractivity contribution is 0.819. The Balaban J connectivity index is 0.000000640. The number of aromatic nitrogens is 2. The van der Waals surface area contributed by atoms with Gasteiger partial charge in [-0.1, -0.05) is 0 Å². The molecule has 9 heavy (non-hydrogen) atoms. The van der Waals surface area contributed by atoms with E-state index in [9.17, 15) is 0 Å². The largest absolute Gasteiger partial charge is 0.324 e. The van der Waals surface area contributed by atoms with Gasteiger partial charge in [0.05, 0.1) is 6.20 Å². The summed E-state index contributed by atoms with van der Waals surface area (Å²) < 4.78 is 0. The maximum absolute atomic E-state index is 5.50. The van der Waals surface area contributed by atoms with Crippen LogP contribution in [0.2, 0.25) is 0 Å². The molecule has 52 valence electrons. The number of aromatic amines is 1. The molecule has 3 nitrogen and oxygen atoms in total. The first-order chi connectivity index (χ1) is 3.80. The van der Waals surface area contributed by atoms with Gasteiger partial charge in [0, 0.05) is 17.8 Å². The molecule has 4 heteroatoms. The summed E-state index contributed by atoms with van der Waals surface area (Å²) in [6.45, 7) is 1.92. The molecule has 0 radical (unpaired) electrons. The minimum Gasteiger partial charge on any atom is -0.324 e. The van der Waals surface area contributed by atoms with Crippen LogP contribution < -0.4 is 5.73 Å². The zero-order chi connectivity index (χ0) is 5.98. The highest BCUT2D eigenvalue weighted by atomic mass is 35.5. The van der Waals surface area contributed by atoms with Gasteiger partial charge in [-0.25, -0.2) is 0 Å². The first-order valence-corrected chi connectivity index (χ1v) is 2.55. The van der Waals surface area contributed by atoms with Crippen molar-refractivity contribution >= 4 is 12.4 Å². The summed E-state index contributed by atoms with van der Waals surface area (Å²) in [7, 11) is 0. The highest BCUT2D eigenvalue weighted by Crippen LogP contribution is 2.03. The Morgan fingerprint density at radius 2 is 2.44 bits per heavy atom. The normalized spacial score (nSPS) is 12.2. The Hall–Kier alpha value is -0.540. The molecule has 0 unspecified atom stereocenters. The predicted octanol–water partition coefficient (Wildman–Crippen LogP) is 0.851. The highest BCUT2D eigenvalue weighted by molar-refractivity contribution is 5.85. The van der Waals surface area contributed by atoms with Crippen LogP contribution in [0.15, 0.2) is 12.4 Å². The Morgan fingerprint density at radius 3 is 2.67 bits per heavy atom. The van der Waals surface area contributed by atoms with Gasteiger partial charge >= 0.3 is 0 Å². The van der Waals surface area contributed by atoms with Crippen molar-refractivity contribution in [1.29, 1.82) is 0 Å². The number of rotatable bonds is 1. The summed E-state index contributed by atoms with van der Waals surface area (Å²) in [5.74, 6) is 0. The van der Waals surface area contributed by atoms with E-state index in [4.69, 9.17) is 5.73 Å². The van der Waals surface area contributed by atoms with Crippen LogP contribution in [-0.2, 0) is 0 Å². The van der Waals surface area contributed by atoms with Crippen molar-refractivity contribution in [2.75, 3.05) is 0 Å². The molecule has 0 saturated heterocycles. The van der Waals surface area contributed by atoms with Gasteiger partial charge in [0.15, 0.2) is 0 Å². The smallest absolute Gasteiger partial charge is 0.0534 e. The number of hydrogen-bond acceptors (Lipinski definition) is 2. The predicted molar refractivity (Wildman–Crippen MR) is 38.4 cm³/mol. The minimum absolute atomic E-state index is 0. The maximum atomic E-state index is 5.50. The molecule has 0 bridgehead atoms. The third kappa shape index (κ3) is 2.03. The van der Waals surface area contributed by atoms with Crippen molar-refractivity contribution in [2.45, 2.75) is 13.0 Å². The molecule has 1 aromatic heterocycles. The van der Waals surface area contributed by atoms with Crippen LogP contribution in [0.4, 0.5) is 0 Å². The third-order valence-electron chi connectivity index (χ3n) is 1.05. The van der Waals surface area contributed by atoms with Crippen LogP contribution in [0.25, 0.3) is 0 Å². The minimum atomic E-state index is 0. The molecular formula is C5H10ClN3. The van der Waals surface area contributed by atoms with Gasteiger partial charge in [0.2, 0.25) is 0 Å². The molecule has 1 heterocycles. The molecule has 0 fully saturated rings. The number of hydrogen-bond donors (Lipinski definition) is 2. The molecule has 1 rings (SSSR count). The van der Waals surface area contributed by atoms with Gasteiger partial charge in [-0.3, -0.25) is 5.10 Å². The van der Waals surface area contributed by atoms with E-state index >= 15 is 0 Å². The standard InChI is InChI=1S/C5H9N3.ClH/c1-4(6)5-2-7-8-3-5;/h2-4H,6H2,1H3,(H,7,8);1H/t4-;/m0./s1. The third-order valence-corrected chi connectivity index (χ3v) is 1.05. The Bertz CT molecular complexity index is 147. The summed E-state index contributed by atoms with van der Waals surface area (Å²) in [6, 6.07) is 0.0914. The lowest BCUT2D eigenvalue weighted by Gasteiger charge is -1.95. The van der Waals surface area contributed by atoms with Crippen molar-refractivity contribution < 1.29 is 0 Å². The van der Waals surface area contributed by atoms with E-state index in [1.807, 2.05) is 6.92 Å². The van der Waals surface area contributed by atoms with Crippen molar-refractivity contribution in [1.82, 2.24) is 10.2 Å². The number of nitrogens with two attached hydrogens (primary N) is 1. The van der Waals surface area contributed by atoms with E-state index in [1.54, 1.807) is 12.4 Å². The van der Waals surface area contributed by atoms with E-state index in [-0.39, 0.29) is 18.4 Å². The van der Waals surface area contributed by atoms with Crippen molar-refractivity contribution in [2.24, 2.45) is 5.73 Å². The number of nitrogens with zero attached hydrogens (tertiary/aromatic N) is 1. The Morgan fingerprint density at radius 1 is 1.78 bits per heavy atom. The Kier molecular flexibility index (Phi) is 3.27. The second kappa shape index (κ2) is 3.48. The SMILES string of the molecule is C[C@H](N)c1cn[nH]c1.Cl. The van der Waals surface area contributed by atoms with Crippen LogP contribution >= 0.6 is 12.4 Å². The van der Waals surface area contributed by atoms with Crippen molar-refractivity contribution in [3.05, 3.63) is 18.0 Å². The monoisotopic (exact) mass is 147 g/mol. The molecule has 0 aliphatic carbocycles. The fourth-order valence-electron chi connectivity index (χ4n) is 0.510. The van der Waals surface area contributed by atoms with Crippen LogP contribution in [0.3, 0.4) is 0 Å². The molecule has 0 aliphatic rings. The number of nitrogens with one attached hydrogen (secondary N) is 1. The van der Waals surface area contributed by atoms with Crippen molar-refractivity contribution in [3.8, 4) is 0 Å². The molecule has 1 aromatic rings.